The number of rotatable bonds is 2. The fourth-order valence-electron chi connectivity index (χ4n) is 0.942. The van der Waals surface area contributed by atoms with Crippen LogP contribution in [0.5, 0.6) is 0 Å². The Morgan fingerprint density at radius 3 is 2.00 bits per heavy atom. The van der Waals surface area contributed by atoms with Crippen LogP contribution in [0.15, 0.2) is 21.1 Å². The van der Waals surface area contributed by atoms with Crippen LogP contribution < -0.4 is 4.90 Å². The average molecular weight is 307 g/mol. The zero-order valence-electron chi connectivity index (χ0n) is 7.34. The second-order valence-corrected chi connectivity index (χ2v) is 4.54. The van der Waals surface area contributed by atoms with E-state index >= 15 is 0 Å². The fourth-order valence-corrected chi connectivity index (χ4v) is 2.29. The molecular weight excluding hydrogens is 298 g/mol. The summed E-state index contributed by atoms with van der Waals surface area (Å²) in [6.07, 6.45) is 0.827. The Morgan fingerprint density at radius 2 is 1.69 bits per heavy atom. The van der Waals surface area contributed by atoms with Crippen molar-refractivity contribution in [2.45, 2.75) is 0 Å². The highest BCUT2D eigenvalue weighted by atomic mass is 79.9. The molecule has 0 unspecified atom stereocenters. The zero-order valence-corrected chi connectivity index (χ0v) is 10.5. The lowest BCUT2D eigenvalue weighted by Crippen LogP contribution is -2.08. The van der Waals surface area contributed by atoms with Crippen molar-refractivity contribution in [3.8, 4) is 0 Å². The molecule has 0 fully saturated rings. The van der Waals surface area contributed by atoms with Gasteiger partial charge in [0.2, 0.25) is 0 Å². The number of nitrogens with zero attached hydrogens (tertiary/aromatic N) is 1. The van der Waals surface area contributed by atoms with Crippen LogP contribution in [0.3, 0.4) is 0 Å². The minimum absolute atomic E-state index is 0.644. The van der Waals surface area contributed by atoms with Crippen LogP contribution in [0.25, 0.3) is 0 Å². The molecule has 0 aliphatic carbocycles. The molecule has 1 rings (SSSR count). The highest BCUT2D eigenvalue weighted by Crippen LogP contribution is 2.29. The molecular formula is C9H9Br2NO. The first-order valence-corrected chi connectivity index (χ1v) is 5.26. The zero-order chi connectivity index (χ0) is 10.0. The van der Waals surface area contributed by atoms with Gasteiger partial charge in [-0.05, 0) is 44.0 Å². The quantitative estimate of drug-likeness (QED) is 0.783. The highest BCUT2D eigenvalue weighted by Gasteiger charge is 2.07. The molecule has 2 nitrogen and oxygen atoms in total. The van der Waals surface area contributed by atoms with Crippen LogP contribution in [-0.2, 0) is 0 Å². The van der Waals surface area contributed by atoms with Crippen molar-refractivity contribution in [3.05, 3.63) is 26.6 Å². The van der Waals surface area contributed by atoms with E-state index in [9.17, 15) is 4.79 Å². The average Bonchev–Trinajstić information content (AvgIpc) is 2.03. The summed E-state index contributed by atoms with van der Waals surface area (Å²) >= 11 is 6.68. The normalized spacial score (nSPS) is 9.85. The Bertz CT molecular complexity index is 313. The monoisotopic (exact) mass is 305 g/mol. The lowest BCUT2D eigenvalue weighted by molar-refractivity contribution is 0.112. The molecule has 0 spiro atoms. The number of anilines is 1. The van der Waals surface area contributed by atoms with Gasteiger partial charge in [0.25, 0.3) is 0 Å². The second-order valence-electron chi connectivity index (χ2n) is 2.84. The van der Waals surface area contributed by atoms with Gasteiger partial charge in [-0.25, -0.2) is 0 Å². The standard InChI is InChI=1S/C9H9Br2NO/c1-12(2)6-3-8(10)7(5-13)9(11)4-6/h3-5H,1-2H3. The van der Waals surface area contributed by atoms with E-state index in [2.05, 4.69) is 31.9 Å². The second kappa shape index (κ2) is 4.24. The molecule has 0 aliphatic heterocycles. The summed E-state index contributed by atoms with van der Waals surface area (Å²) in [4.78, 5) is 12.6. The molecule has 4 heteroatoms. The van der Waals surface area contributed by atoms with Crippen LogP contribution in [0.4, 0.5) is 5.69 Å². The molecule has 0 aliphatic rings. The largest absolute Gasteiger partial charge is 0.378 e. The molecule has 0 saturated carbocycles. The van der Waals surface area contributed by atoms with Crippen molar-refractivity contribution >= 4 is 43.8 Å². The van der Waals surface area contributed by atoms with Crippen LogP contribution in [0.2, 0.25) is 0 Å². The van der Waals surface area contributed by atoms with E-state index in [1.165, 1.54) is 0 Å². The van der Waals surface area contributed by atoms with Crippen LogP contribution in [0, 0.1) is 0 Å². The summed E-state index contributed by atoms with van der Waals surface area (Å²) in [6, 6.07) is 3.82. The molecule has 0 atom stereocenters. The summed E-state index contributed by atoms with van der Waals surface area (Å²) in [6.45, 7) is 0. The minimum atomic E-state index is 0.644. The van der Waals surface area contributed by atoms with Gasteiger partial charge in [-0.15, -0.1) is 0 Å². The number of benzene rings is 1. The van der Waals surface area contributed by atoms with Crippen molar-refractivity contribution in [2.75, 3.05) is 19.0 Å². The molecule has 1 aromatic carbocycles. The van der Waals surface area contributed by atoms with Crippen molar-refractivity contribution in [1.82, 2.24) is 0 Å². The van der Waals surface area contributed by atoms with E-state index in [0.717, 1.165) is 20.9 Å². The number of hydrogen-bond acceptors (Lipinski definition) is 2. The fraction of sp³-hybridized carbons (Fsp3) is 0.222. The topological polar surface area (TPSA) is 20.3 Å². The molecule has 0 saturated heterocycles. The molecule has 0 N–H and O–H groups in total. The maximum absolute atomic E-state index is 10.7. The van der Waals surface area contributed by atoms with E-state index in [-0.39, 0.29) is 0 Å². The summed E-state index contributed by atoms with van der Waals surface area (Å²) in [5, 5.41) is 0. The molecule has 13 heavy (non-hydrogen) atoms. The highest BCUT2D eigenvalue weighted by molar-refractivity contribution is 9.11. The van der Waals surface area contributed by atoms with Crippen LogP contribution in [-0.4, -0.2) is 20.4 Å². The van der Waals surface area contributed by atoms with E-state index in [0.29, 0.717) is 5.56 Å². The first-order valence-electron chi connectivity index (χ1n) is 3.68. The minimum Gasteiger partial charge on any atom is -0.378 e. The van der Waals surface area contributed by atoms with Gasteiger partial charge in [-0.3, -0.25) is 4.79 Å². The molecule has 0 amide bonds. The maximum atomic E-state index is 10.7. The van der Waals surface area contributed by atoms with Gasteiger partial charge in [0.1, 0.15) is 0 Å². The van der Waals surface area contributed by atoms with Crippen molar-refractivity contribution in [2.24, 2.45) is 0 Å². The number of carbonyl (C=O) groups is 1. The maximum Gasteiger partial charge on any atom is 0.152 e. The lowest BCUT2D eigenvalue weighted by atomic mass is 10.2. The van der Waals surface area contributed by atoms with Crippen molar-refractivity contribution in [1.29, 1.82) is 0 Å². The van der Waals surface area contributed by atoms with Gasteiger partial charge in [0, 0.05) is 34.3 Å². The van der Waals surface area contributed by atoms with Gasteiger partial charge in [0.15, 0.2) is 6.29 Å². The molecule has 1 aromatic rings. The summed E-state index contributed by atoms with van der Waals surface area (Å²) < 4.78 is 1.61. The van der Waals surface area contributed by atoms with Gasteiger partial charge in [-0.2, -0.15) is 0 Å². The van der Waals surface area contributed by atoms with E-state index in [1.54, 1.807) is 0 Å². The summed E-state index contributed by atoms with van der Waals surface area (Å²) in [7, 11) is 3.91. The predicted octanol–water partition coefficient (Wildman–Crippen LogP) is 3.09. The molecule has 70 valence electrons. The molecule has 0 aromatic heterocycles. The van der Waals surface area contributed by atoms with Crippen LogP contribution >= 0.6 is 31.9 Å². The molecule has 0 heterocycles. The number of halogens is 2. The predicted molar refractivity (Wildman–Crippen MR) is 61.6 cm³/mol. The van der Waals surface area contributed by atoms with Gasteiger partial charge in [-0.1, -0.05) is 0 Å². The first-order chi connectivity index (χ1) is 6.06. The SMILES string of the molecule is CN(C)c1cc(Br)c(C=O)c(Br)c1. The summed E-state index contributed by atoms with van der Waals surface area (Å²) in [5.74, 6) is 0. The number of aldehydes is 1. The molecule has 0 bridgehead atoms. The Hall–Kier alpha value is -0.350. The van der Waals surface area contributed by atoms with E-state index in [4.69, 9.17) is 0 Å². The third-order valence-corrected chi connectivity index (χ3v) is 3.01. The Balaban J connectivity index is 3.28. The number of hydrogen-bond donors (Lipinski definition) is 0. The van der Waals surface area contributed by atoms with E-state index in [1.807, 2.05) is 31.1 Å². The third-order valence-electron chi connectivity index (χ3n) is 1.70. The van der Waals surface area contributed by atoms with Crippen molar-refractivity contribution < 1.29 is 4.79 Å². The van der Waals surface area contributed by atoms with Gasteiger partial charge < -0.3 is 4.90 Å². The Labute approximate surface area is 94.2 Å². The van der Waals surface area contributed by atoms with Crippen molar-refractivity contribution in [3.63, 3.8) is 0 Å². The first kappa shape index (κ1) is 10.7. The Morgan fingerprint density at radius 1 is 1.23 bits per heavy atom. The number of carbonyl (C=O) groups excluding carboxylic acids is 1. The third kappa shape index (κ3) is 2.31. The van der Waals surface area contributed by atoms with Crippen LogP contribution in [0.1, 0.15) is 10.4 Å². The Kier molecular flexibility index (Phi) is 3.50. The smallest absolute Gasteiger partial charge is 0.152 e. The summed E-state index contributed by atoms with van der Waals surface area (Å²) in [5.41, 5.74) is 1.69. The van der Waals surface area contributed by atoms with Gasteiger partial charge in [0.05, 0.1) is 0 Å². The van der Waals surface area contributed by atoms with Gasteiger partial charge >= 0.3 is 0 Å². The van der Waals surface area contributed by atoms with E-state index < -0.39 is 0 Å². The molecule has 0 radical (unpaired) electrons. The lowest BCUT2D eigenvalue weighted by Gasteiger charge is -2.14.